The van der Waals surface area contributed by atoms with Crippen molar-refractivity contribution < 1.29 is 8.42 Å². The Labute approximate surface area is 167 Å². The van der Waals surface area contributed by atoms with Crippen LogP contribution in [-0.2, 0) is 10.0 Å². The molecule has 1 fully saturated rings. The second-order valence-corrected chi connectivity index (χ2v) is 9.32. The zero-order chi connectivity index (χ0) is 20.2. The SMILES string of the molecule is NC1CCN(S(=O)(=O)c2cccc3[nH]c(-c4cc5ccccc5[nH]c4=O)cc23)C1. The van der Waals surface area contributed by atoms with Gasteiger partial charge in [0.1, 0.15) is 0 Å². The lowest BCUT2D eigenvalue weighted by Crippen LogP contribution is -2.32. The predicted octanol–water partition coefficient (Wildman–Crippen LogP) is 2.40. The molecule has 1 atom stereocenters. The number of aromatic nitrogens is 2. The van der Waals surface area contributed by atoms with E-state index >= 15 is 0 Å². The summed E-state index contributed by atoms with van der Waals surface area (Å²) in [4.78, 5) is 18.9. The van der Waals surface area contributed by atoms with Gasteiger partial charge < -0.3 is 15.7 Å². The summed E-state index contributed by atoms with van der Waals surface area (Å²) >= 11 is 0. The molecule has 2 aromatic carbocycles. The second kappa shape index (κ2) is 6.55. The predicted molar refractivity (Wildman–Crippen MR) is 113 cm³/mol. The van der Waals surface area contributed by atoms with Gasteiger partial charge in [-0.15, -0.1) is 0 Å². The molecule has 8 heteroatoms. The number of hydrogen-bond acceptors (Lipinski definition) is 4. The monoisotopic (exact) mass is 408 g/mol. The molecule has 29 heavy (non-hydrogen) atoms. The van der Waals surface area contributed by atoms with Crippen molar-refractivity contribution in [2.45, 2.75) is 17.4 Å². The molecule has 148 valence electrons. The van der Waals surface area contributed by atoms with Gasteiger partial charge in [0.05, 0.1) is 16.2 Å². The van der Waals surface area contributed by atoms with Crippen molar-refractivity contribution >= 4 is 31.8 Å². The fourth-order valence-electron chi connectivity index (χ4n) is 3.96. The fourth-order valence-corrected chi connectivity index (χ4v) is 5.67. The summed E-state index contributed by atoms with van der Waals surface area (Å²) in [7, 11) is -3.66. The average Bonchev–Trinajstić information content (AvgIpc) is 3.33. The first-order valence-electron chi connectivity index (χ1n) is 9.43. The Morgan fingerprint density at radius 1 is 1.00 bits per heavy atom. The van der Waals surface area contributed by atoms with E-state index in [-0.39, 0.29) is 16.5 Å². The molecule has 0 radical (unpaired) electrons. The van der Waals surface area contributed by atoms with E-state index in [1.807, 2.05) is 36.4 Å². The largest absolute Gasteiger partial charge is 0.354 e. The highest BCUT2D eigenvalue weighted by atomic mass is 32.2. The lowest BCUT2D eigenvalue weighted by Gasteiger charge is -2.16. The van der Waals surface area contributed by atoms with Crippen LogP contribution in [0.25, 0.3) is 33.1 Å². The number of nitrogens with one attached hydrogen (secondary N) is 2. The number of aromatic amines is 2. The van der Waals surface area contributed by atoms with Gasteiger partial charge in [0, 0.05) is 35.6 Å². The molecule has 1 unspecified atom stereocenters. The minimum atomic E-state index is -3.66. The molecule has 4 N–H and O–H groups in total. The van der Waals surface area contributed by atoms with Gasteiger partial charge in [-0.05, 0) is 42.1 Å². The molecule has 0 spiro atoms. The van der Waals surface area contributed by atoms with E-state index in [1.54, 1.807) is 18.2 Å². The number of pyridine rings is 1. The normalized spacial score (nSPS) is 18.0. The fraction of sp³-hybridized carbons (Fsp3) is 0.190. The van der Waals surface area contributed by atoms with Crippen molar-refractivity contribution in [1.82, 2.24) is 14.3 Å². The number of nitrogens with two attached hydrogens (primary N) is 1. The standard InChI is InChI=1S/C21H20N4O3S/c22-14-8-9-25(12-14)29(27,28)20-7-3-6-18-15(20)11-19(23-18)16-10-13-4-1-2-5-17(13)24-21(16)26/h1-7,10-11,14,23H,8-9,12,22H2,(H,24,26). The van der Waals surface area contributed by atoms with Gasteiger partial charge in [-0.2, -0.15) is 4.31 Å². The minimum absolute atomic E-state index is 0.137. The van der Waals surface area contributed by atoms with Crippen LogP contribution >= 0.6 is 0 Å². The number of fused-ring (bicyclic) bond motifs is 2. The Balaban J connectivity index is 1.67. The number of para-hydroxylation sites is 1. The lowest BCUT2D eigenvalue weighted by atomic mass is 10.1. The third kappa shape index (κ3) is 2.96. The third-order valence-corrected chi connectivity index (χ3v) is 7.40. The van der Waals surface area contributed by atoms with Gasteiger partial charge in [0.15, 0.2) is 0 Å². The number of benzene rings is 2. The Kier molecular flexibility index (Phi) is 4.09. The van der Waals surface area contributed by atoms with Crippen LogP contribution in [0.5, 0.6) is 0 Å². The van der Waals surface area contributed by atoms with Crippen molar-refractivity contribution in [1.29, 1.82) is 0 Å². The summed E-state index contributed by atoms with van der Waals surface area (Å²) in [5.41, 5.74) is 8.13. The summed E-state index contributed by atoms with van der Waals surface area (Å²) in [6, 6.07) is 16.1. The minimum Gasteiger partial charge on any atom is -0.354 e. The molecule has 0 amide bonds. The first kappa shape index (κ1) is 18.1. The molecular weight excluding hydrogens is 388 g/mol. The number of sulfonamides is 1. The van der Waals surface area contributed by atoms with E-state index in [4.69, 9.17) is 5.73 Å². The molecule has 7 nitrogen and oxygen atoms in total. The van der Waals surface area contributed by atoms with E-state index in [0.717, 1.165) is 10.9 Å². The van der Waals surface area contributed by atoms with Crippen LogP contribution in [0.2, 0.25) is 0 Å². The van der Waals surface area contributed by atoms with Crippen LogP contribution in [0.4, 0.5) is 0 Å². The number of nitrogens with zero attached hydrogens (tertiary/aromatic N) is 1. The van der Waals surface area contributed by atoms with E-state index < -0.39 is 10.0 Å². The van der Waals surface area contributed by atoms with Gasteiger partial charge in [0.25, 0.3) is 5.56 Å². The van der Waals surface area contributed by atoms with Gasteiger partial charge in [-0.25, -0.2) is 8.42 Å². The van der Waals surface area contributed by atoms with Crippen molar-refractivity contribution in [3.05, 3.63) is 65.0 Å². The van der Waals surface area contributed by atoms with Crippen LogP contribution in [0, 0.1) is 0 Å². The number of rotatable bonds is 3. The summed E-state index contributed by atoms with van der Waals surface area (Å²) in [6.07, 6.45) is 0.653. The molecule has 0 saturated carbocycles. The first-order chi connectivity index (χ1) is 13.9. The van der Waals surface area contributed by atoms with Crippen molar-refractivity contribution in [3.63, 3.8) is 0 Å². The van der Waals surface area contributed by atoms with Crippen LogP contribution in [0.1, 0.15) is 6.42 Å². The molecule has 0 bridgehead atoms. The Bertz CT molecular complexity index is 1400. The Morgan fingerprint density at radius 3 is 2.59 bits per heavy atom. The summed E-state index contributed by atoms with van der Waals surface area (Å²) < 4.78 is 27.8. The number of hydrogen-bond donors (Lipinski definition) is 3. The van der Waals surface area contributed by atoms with Crippen molar-refractivity contribution in [2.75, 3.05) is 13.1 Å². The first-order valence-corrected chi connectivity index (χ1v) is 10.9. The number of H-pyrrole nitrogens is 2. The van der Waals surface area contributed by atoms with Crippen LogP contribution in [0.15, 0.2) is 64.3 Å². The Hall–Kier alpha value is -2.94. The van der Waals surface area contributed by atoms with Gasteiger partial charge in [-0.3, -0.25) is 4.79 Å². The molecule has 0 aliphatic carbocycles. The van der Waals surface area contributed by atoms with E-state index in [1.165, 1.54) is 4.31 Å². The van der Waals surface area contributed by atoms with Crippen LogP contribution in [0.3, 0.4) is 0 Å². The third-order valence-electron chi connectivity index (χ3n) is 5.47. The van der Waals surface area contributed by atoms with Crippen molar-refractivity contribution in [2.24, 2.45) is 5.73 Å². The summed E-state index contributed by atoms with van der Waals surface area (Å²) in [5, 5.41) is 1.47. The van der Waals surface area contributed by atoms with Crippen LogP contribution in [-0.4, -0.2) is 41.8 Å². The van der Waals surface area contributed by atoms with E-state index in [0.29, 0.717) is 41.7 Å². The Morgan fingerprint density at radius 2 is 1.79 bits per heavy atom. The quantitative estimate of drug-likeness (QED) is 0.483. The van der Waals surface area contributed by atoms with Crippen LogP contribution < -0.4 is 11.3 Å². The molecule has 2 aromatic heterocycles. The molecule has 5 rings (SSSR count). The average molecular weight is 408 g/mol. The molecule has 4 aromatic rings. The molecule has 3 heterocycles. The summed E-state index contributed by atoms with van der Waals surface area (Å²) in [5.74, 6) is 0. The maximum absolute atomic E-state index is 13.2. The highest BCUT2D eigenvalue weighted by Crippen LogP contribution is 2.31. The molecule has 1 saturated heterocycles. The highest BCUT2D eigenvalue weighted by Gasteiger charge is 2.32. The summed E-state index contributed by atoms with van der Waals surface area (Å²) in [6.45, 7) is 0.738. The topological polar surface area (TPSA) is 112 Å². The molecule has 1 aliphatic rings. The van der Waals surface area contributed by atoms with Gasteiger partial charge in [0.2, 0.25) is 10.0 Å². The zero-order valence-corrected chi connectivity index (χ0v) is 16.4. The highest BCUT2D eigenvalue weighted by molar-refractivity contribution is 7.89. The zero-order valence-electron chi connectivity index (χ0n) is 15.6. The van der Waals surface area contributed by atoms with Gasteiger partial charge in [-0.1, -0.05) is 24.3 Å². The molecular formula is C21H20N4O3S. The van der Waals surface area contributed by atoms with Gasteiger partial charge >= 0.3 is 0 Å². The molecule has 1 aliphatic heterocycles. The maximum Gasteiger partial charge on any atom is 0.257 e. The smallest absolute Gasteiger partial charge is 0.257 e. The second-order valence-electron chi connectivity index (χ2n) is 7.41. The van der Waals surface area contributed by atoms with E-state index in [2.05, 4.69) is 9.97 Å². The van der Waals surface area contributed by atoms with Crippen molar-refractivity contribution in [3.8, 4) is 11.3 Å². The van der Waals surface area contributed by atoms with E-state index in [9.17, 15) is 13.2 Å². The lowest BCUT2D eigenvalue weighted by molar-refractivity contribution is 0.473. The maximum atomic E-state index is 13.2.